The molecule has 96 valence electrons. The third-order valence-electron chi connectivity index (χ3n) is 3.48. The second-order valence-electron chi connectivity index (χ2n) is 5.60. The Morgan fingerprint density at radius 2 is 2.35 bits per heavy atom. The molecular formula is C14H24N2S. The maximum Gasteiger partial charge on any atom is 0.0442 e. The first kappa shape index (κ1) is 13.1. The third kappa shape index (κ3) is 3.30. The normalized spacial score (nSPS) is 22.5. The highest BCUT2D eigenvalue weighted by Gasteiger charge is 2.30. The largest absolute Gasteiger partial charge is 0.309 e. The van der Waals surface area contributed by atoms with Crippen LogP contribution in [-0.2, 0) is 0 Å². The van der Waals surface area contributed by atoms with Gasteiger partial charge in [0.05, 0.1) is 0 Å². The monoisotopic (exact) mass is 252 g/mol. The molecule has 2 nitrogen and oxygen atoms in total. The zero-order chi connectivity index (χ0) is 12.3. The van der Waals surface area contributed by atoms with Gasteiger partial charge in [0.2, 0.25) is 0 Å². The Morgan fingerprint density at radius 3 is 2.94 bits per heavy atom. The van der Waals surface area contributed by atoms with Crippen molar-refractivity contribution in [3.8, 4) is 0 Å². The molecule has 1 N–H and O–H groups in total. The molecule has 1 aromatic rings. The standard InChI is InChI=1S/C14H24N2S/c1-4-6-12(13-7-5-10-17-13)16-9-8-15-14(2,3)11-16/h5,7,10,12,15H,4,6,8-9,11H2,1-3H3. The van der Waals surface area contributed by atoms with Crippen LogP contribution in [-0.4, -0.2) is 30.1 Å². The molecule has 0 spiro atoms. The Hall–Kier alpha value is -0.380. The fraction of sp³-hybridized carbons (Fsp3) is 0.714. The van der Waals surface area contributed by atoms with E-state index in [0.717, 1.165) is 13.1 Å². The lowest BCUT2D eigenvalue weighted by atomic mass is 9.98. The van der Waals surface area contributed by atoms with Crippen molar-refractivity contribution < 1.29 is 0 Å². The van der Waals surface area contributed by atoms with Crippen LogP contribution in [0.15, 0.2) is 17.5 Å². The molecule has 0 amide bonds. The van der Waals surface area contributed by atoms with Crippen LogP contribution in [0.1, 0.15) is 44.5 Å². The zero-order valence-corrected chi connectivity index (χ0v) is 12.0. The number of hydrogen-bond acceptors (Lipinski definition) is 3. The molecule has 1 atom stereocenters. The van der Waals surface area contributed by atoms with Gasteiger partial charge in [0, 0.05) is 36.1 Å². The van der Waals surface area contributed by atoms with Gasteiger partial charge in [-0.2, -0.15) is 0 Å². The van der Waals surface area contributed by atoms with Gasteiger partial charge in [-0.05, 0) is 31.7 Å². The molecule has 0 radical (unpaired) electrons. The second kappa shape index (κ2) is 5.51. The first-order valence-electron chi connectivity index (χ1n) is 6.65. The molecule has 1 aliphatic heterocycles. The highest BCUT2D eigenvalue weighted by atomic mass is 32.1. The van der Waals surface area contributed by atoms with Crippen LogP contribution in [0.5, 0.6) is 0 Å². The van der Waals surface area contributed by atoms with Gasteiger partial charge >= 0.3 is 0 Å². The molecule has 17 heavy (non-hydrogen) atoms. The summed E-state index contributed by atoms with van der Waals surface area (Å²) in [7, 11) is 0. The maximum atomic E-state index is 3.59. The van der Waals surface area contributed by atoms with E-state index in [1.807, 2.05) is 11.3 Å². The lowest BCUT2D eigenvalue weighted by Crippen LogP contribution is -2.57. The molecule has 0 bridgehead atoms. The molecule has 0 aliphatic carbocycles. The summed E-state index contributed by atoms with van der Waals surface area (Å²) in [5.41, 5.74) is 0.251. The van der Waals surface area contributed by atoms with Gasteiger partial charge in [-0.3, -0.25) is 4.90 Å². The van der Waals surface area contributed by atoms with Crippen LogP contribution in [0.3, 0.4) is 0 Å². The van der Waals surface area contributed by atoms with Crippen molar-refractivity contribution in [1.82, 2.24) is 10.2 Å². The Bertz CT molecular complexity index is 332. The van der Waals surface area contributed by atoms with E-state index < -0.39 is 0 Å². The van der Waals surface area contributed by atoms with Crippen molar-refractivity contribution in [1.29, 1.82) is 0 Å². The minimum atomic E-state index is 0.251. The van der Waals surface area contributed by atoms with Crippen LogP contribution >= 0.6 is 11.3 Å². The molecule has 1 fully saturated rings. The molecule has 0 aromatic carbocycles. The molecule has 1 aliphatic rings. The second-order valence-corrected chi connectivity index (χ2v) is 6.58. The van der Waals surface area contributed by atoms with Crippen LogP contribution < -0.4 is 5.32 Å². The van der Waals surface area contributed by atoms with Crippen LogP contribution in [0.25, 0.3) is 0 Å². The highest BCUT2D eigenvalue weighted by molar-refractivity contribution is 7.10. The van der Waals surface area contributed by atoms with E-state index in [1.165, 1.54) is 24.3 Å². The quantitative estimate of drug-likeness (QED) is 0.885. The lowest BCUT2D eigenvalue weighted by Gasteiger charge is -2.43. The van der Waals surface area contributed by atoms with Crippen molar-refractivity contribution in [2.45, 2.75) is 45.2 Å². The summed E-state index contributed by atoms with van der Waals surface area (Å²) in [6, 6.07) is 5.09. The third-order valence-corrected chi connectivity index (χ3v) is 4.45. The predicted molar refractivity (Wildman–Crippen MR) is 75.6 cm³/mol. The summed E-state index contributed by atoms with van der Waals surface area (Å²) in [6.45, 7) is 10.3. The van der Waals surface area contributed by atoms with E-state index in [1.54, 1.807) is 0 Å². The molecule has 1 saturated heterocycles. The van der Waals surface area contributed by atoms with Crippen molar-refractivity contribution in [3.05, 3.63) is 22.4 Å². The van der Waals surface area contributed by atoms with Crippen LogP contribution in [0.4, 0.5) is 0 Å². The molecule has 1 unspecified atom stereocenters. The number of rotatable bonds is 4. The molecule has 0 saturated carbocycles. The van der Waals surface area contributed by atoms with Gasteiger partial charge in [-0.15, -0.1) is 11.3 Å². The van der Waals surface area contributed by atoms with Crippen molar-refractivity contribution in [2.75, 3.05) is 19.6 Å². The average molecular weight is 252 g/mol. The highest BCUT2D eigenvalue weighted by Crippen LogP contribution is 2.31. The molecule has 1 aromatic heterocycles. The van der Waals surface area contributed by atoms with E-state index in [-0.39, 0.29) is 5.54 Å². The first-order chi connectivity index (χ1) is 8.12. The first-order valence-corrected chi connectivity index (χ1v) is 7.53. The van der Waals surface area contributed by atoms with Crippen molar-refractivity contribution in [3.63, 3.8) is 0 Å². The van der Waals surface area contributed by atoms with E-state index in [0.29, 0.717) is 6.04 Å². The Morgan fingerprint density at radius 1 is 1.53 bits per heavy atom. The smallest absolute Gasteiger partial charge is 0.0442 e. The number of nitrogens with zero attached hydrogens (tertiary/aromatic N) is 1. The van der Waals surface area contributed by atoms with E-state index in [4.69, 9.17) is 0 Å². The SMILES string of the molecule is CCCC(c1cccs1)N1CCNC(C)(C)C1. The van der Waals surface area contributed by atoms with Gasteiger partial charge < -0.3 is 5.32 Å². The summed E-state index contributed by atoms with van der Waals surface area (Å²) in [5, 5.41) is 5.79. The maximum absolute atomic E-state index is 3.59. The number of hydrogen-bond donors (Lipinski definition) is 1. The van der Waals surface area contributed by atoms with E-state index >= 15 is 0 Å². The minimum absolute atomic E-state index is 0.251. The van der Waals surface area contributed by atoms with Crippen LogP contribution in [0, 0.1) is 0 Å². The van der Waals surface area contributed by atoms with Gasteiger partial charge in [0.25, 0.3) is 0 Å². The number of nitrogens with one attached hydrogen (secondary N) is 1. The summed E-state index contributed by atoms with van der Waals surface area (Å²) >= 11 is 1.90. The van der Waals surface area contributed by atoms with Gasteiger partial charge in [-0.1, -0.05) is 19.4 Å². The Labute approximate surface area is 109 Å². The molecule has 2 rings (SSSR count). The van der Waals surface area contributed by atoms with E-state index in [2.05, 4.69) is 48.5 Å². The number of piperazine rings is 1. The molecule has 3 heteroatoms. The Kier molecular flexibility index (Phi) is 4.23. The zero-order valence-electron chi connectivity index (χ0n) is 11.2. The number of thiophene rings is 1. The molecular weight excluding hydrogens is 228 g/mol. The van der Waals surface area contributed by atoms with E-state index in [9.17, 15) is 0 Å². The fourth-order valence-electron chi connectivity index (χ4n) is 2.71. The van der Waals surface area contributed by atoms with Gasteiger partial charge in [0.15, 0.2) is 0 Å². The summed E-state index contributed by atoms with van der Waals surface area (Å²) < 4.78 is 0. The average Bonchev–Trinajstić information content (AvgIpc) is 2.77. The van der Waals surface area contributed by atoms with Crippen molar-refractivity contribution >= 4 is 11.3 Å². The lowest BCUT2D eigenvalue weighted by molar-refractivity contribution is 0.105. The van der Waals surface area contributed by atoms with Gasteiger partial charge in [0.1, 0.15) is 0 Å². The van der Waals surface area contributed by atoms with Crippen LogP contribution in [0.2, 0.25) is 0 Å². The summed E-state index contributed by atoms with van der Waals surface area (Å²) in [5.74, 6) is 0. The topological polar surface area (TPSA) is 15.3 Å². The minimum Gasteiger partial charge on any atom is -0.309 e. The summed E-state index contributed by atoms with van der Waals surface area (Å²) in [4.78, 5) is 4.19. The molecule has 2 heterocycles. The van der Waals surface area contributed by atoms with Gasteiger partial charge in [-0.25, -0.2) is 0 Å². The summed E-state index contributed by atoms with van der Waals surface area (Å²) in [6.07, 6.45) is 2.53. The fourth-order valence-corrected chi connectivity index (χ4v) is 3.60. The van der Waals surface area contributed by atoms with Crippen molar-refractivity contribution in [2.24, 2.45) is 0 Å². The Balaban J connectivity index is 2.10. The predicted octanol–water partition coefficient (Wildman–Crippen LogP) is 3.27.